The summed E-state index contributed by atoms with van der Waals surface area (Å²) in [5.74, 6) is 0.829. The Balaban J connectivity index is 0.00000228. The quantitative estimate of drug-likeness (QED) is 0.221. The van der Waals surface area contributed by atoms with E-state index in [1.807, 2.05) is 42.7 Å². The number of halogens is 3. The van der Waals surface area contributed by atoms with Gasteiger partial charge in [0.2, 0.25) is 0 Å². The van der Waals surface area contributed by atoms with Gasteiger partial charge in [0.1, 0.15) is 5.75 Å². The van der Waals surface area contributed by atoms with E-state index in [1.165, 1.54) is 11.3 Å². The minimum absolute atomic E-state index is 0. The first-order valence-electron chi connectivity index (χ1n) is 11.7. The van der Waals surface area contributed by atoms with Gasteiger partial charge in [0.05, 0.1) is 12.1 Å². The van der Waals surface area contributed by atoms with Gasteiger partial charge in [-0.05, 0) is 60.5 Å². The smallest absolute Gasteiger partial charge is 0.250 e. The highest BCUT2D eigenvalue weighted by molar-refractivity contribution is 5.86. The fourth-order valence-corrected chi connectivity index (χ4v) is 4.05. The third-order valence-corrected chi connectivity index (χ3v) is 6.09. The van der Waals surface area contributed by atoms with Gasteiger partial charge in [-0.3, -0.25) is 14.7 Å². The van der Waals surface area contributed by atoms with Crippen LogP contribution in [-0.2, 0) is 13.6 Å². The highest BCUT2D eigenvalue weighted by atomic mass is 35.5. The molecule has 0 radical (unpaired) electrons. The Morgan fingerprint density at radius 2 is 1.59 bits per heavy atom. The van der Waals surface area contributed by atoms with Crippen LogP contribution in [0.1, 0.15) is 12.0 Å². The summed E-state index contributed by atoms with van der Waals surface area (Å²) in [7, 11) is 3.93. The van der Waals surface area contributed by atoms with Crippen molar-refractivity contribution in [2.45, 2.75) is 13.0 Å². The summed E-state index contributed by atoms with van der Waals surface area (Å²) in [5, 5.41) is 1.00. The van der Waals surface area contributed by atoms with Gasteiger partial charge in [-0.15, -0.1) is 37.2 Å². The Labute approximate surface area is 237 Å². The van der Waals surface area contributed by atoms with Gasteiger partial charge in [-0.2, -0.15) is 0 Å². The molecule has 0 bridgehead atoms. The number of aromatic nitrogens is 2. The van der Waals surface area contributed by atoms with E-state index in [0.29, 0.717) is 6.61 Å². The summed E-state index contributed by atoms with van der Waals surface area (Å²) in [6.07, 6.45) is 4.62. The normalized spacial score (nSPS) is 10.2. The molecule has 0 amide bonds. The van der Waals surface area contributed by atoms with Crippen molar-refractivity contribution in [3.63, 3.8) is 0 Å². The third-order valence-electron chi connectivity index (χ3n) is 6.09. The Kier molecular flexibility index (Phi) is 14.1. The molecule has 37 heavy (non-hydrogen) atoms. The largest absolute Gasteiger partial charge is 0.494 e. The molecule has 4 rings (SSSR count). The molecule has 2 aromatic carbocycles. The predicted octanol–water partition coefficient (Wildman–Crippen LogP) is 5.61. The lowest BCUT2D eigenvalue weighted by molar-refractivity contribution is 0.232. The van der Waals surface area contributed by atoms with Crippen LogP contribution in [0.4, 0.5) is 5.69 Å². The average Bonchev–Trinajstić information content (AvgIpc) is 2.88. The maximum absolute atomic E-state index is 11.8. The lowest BCUT2D eigenvalue weighted by Crippen LogP contribution is -2.34. The van der Waals surface area contributed by atoms with Crippen LogP contribution in [0.2, 0.25) is 0 Å². The number of anilines is 1. The van der Waals surface area contributed by atoms with Gasteiger partial charge in [0.25, 0.3) is 5.56 Å². The maximum Gasteiger partial charge on any atom is 0.250 e. The van der Waals surface area contributed by atoms with Crippen molar-refractivity contribution in [1.29, 1.82) is 0 Å². The number of aryl methyl sites for hydroxylation is 1. The molecule has 0 aliphatic heterocycles. The number of para-hydroxylation sites is 1. The van der Waals surface area contributed by atoms with Crippen LogP contribution in [0.25, 0.3) is 10.9 Å². The Hall–Kier alpha value is -2.77. The van der Waals surface area contributed by atoms with Crippen molar-refractivity contribution in [2.24, 2.45) is 7.05 Å². The number of pyridine rings is 2. The van der Waals surface area contributed by atoms with E-state index in [-0.39, 0.29) is 42.8 Å². The number of benzene rings is 2. The minimum atomic E-state index is -0.00614. The Morgan fingerprint density at radius 3 is 2.32 bits per heavy atom. The van der Waals surface area contributed by atoms with Crippen molar-refractivity contribution >= 4 is 53.8 Å². The van der Waals surface area contributed by atoms with Gasteiger partial charge in [-0.1, -0.05) is 18.2 Å². The number of hydrogen-bond donors (Lipinski definition) is 0. The molecule has 0 saturated heterocycles. The molecule has 0 fully saturated rings. The number of rotatable bonds is 11. The molecule has 6 nitrogen and oxygen atoms in total. The maximum atomic E-state index is 11.8. The number of likely N-dealkylation sites (N-methyl/N-ethyl adjacent to an activating group) is 1. The SMILES string of the molecule is CN(CCN(CCCOc1ccc2c(ccc(=O)n2C)c1)Cc1ccncc1)c1ccccc1.Cl.Cl.Cl. The highest BCUT2D eigenvalue weighted by Crippen LogP contribution is 2.19. The van der Waals surface area contributed by atoms with Crippen LogP contribution >= 0.6 is 37.2 Å². The molecule has 0 unspecified atom stereocenters. The molecular formula is C28H35Cl3N4O2. The lowest BCUT2D eigenvalue weighted by atomic mass is 10.2. The second kappa shape index (κ2) is 16.2. The molecule has 0 saturated carbocycles. The fourth-order valence-electron chi connectivity index (χ4n) is 4.05. The van der Waals surface area contributed by atoms with E-state index in [2.05, 4.69) is 58.2 Å². The van der Waals surface area contributed by atoms with E-state index in [4.69, 9.17) is 4.74 Å². The first-order valence-corrected chi connectivity index (χ1v) is 11.7. The van der Waals surface area contributed by atoms with Crippen LogP contribution in [0.5, 0.6) is 5.75 Å². The molecule has 9 heteroatoms. The summed E-state index contributed by atoms with van der Waals surface area (Å²) < 4.78 is 7.70. The molecular weight excluding hydrogens is 531 g/mol. The molecule has 0 atom stereocenters. The van der Waals surface area contributed by atoms with E-state index < -0.39 is 0 Å². The molecule has 0 spiro atoms. The third kappa shape index (κ3) is 9.24. The van der Waals surface area contributed by atoms with Crippen LogP contribution < -0.4 is 15.2 Å². The molecule has 2 aromatic heterocycles. The van der Waals surface area contributed by atoms with Gasteiger partial charge >= 0.3 is 0 Å². The van der Waals surface area contributed by atoms with Crippen molar-refractivity contribution in [1.82, 2.24) is 14.5 Å². The van der Waals surface area contributed by atoms with E-state index in [0.717, 1.165) is 49.3 Å². The Morgan fingerprint density at radius 1 is 0.865 bits per heavy atom. The standard InChI is InChI=1S/C28H32N4O2.3ClH/c1-30(25-7-4-3-5-8-25)18-19-32(22-23-13-15-29-16-14-23)17-6-20-34-26-10-11-27-24(21-26)9-12-28(33)31(27)2;;;/h3-5,7-16,21H,6,17-20,22H2,1-2H3;3*1H. The van der Waals surface area contributed by atoms with Gasteiger partial charge < -0.3 is 14.2 Å². The van der Waals surface area contributed by atoms with E-state index in [1.54, 1.807) is 17.7 Å². The number of hydrogen-bond acceptors (Lipinski definition) is 5. The van der Waals surface area contributed by atoms with Crippen molar-refractivity contribution in [3.05, 3.63) is 101 Å². The molecule has 4 aromatic rings. The van der Waals surface area contributed by atoms with E-state index in [9.17, 15) is 4.79 Å². The van der Waals surface area contributed by atoms with Crippen molar-refractivity contribution in [2.75, 3.05) is 38.2 Å². The predicted molar refractivity (Wildman–Crippen MR) is 160 cm³/mol. The number of nitrogens with zero attached hydrogens (tertiary/aromatic N) is 4. The summed E-state index contributed by atoms with van der Waals surface area (Å²) >= 11 is 0. The lowest BCUT2D eigenvalue weighted by Gasteiger charge is -2.26. The van der Waals surface area contributed by atoms with Gasteiger partial charge in [-0.25, -0.2) is 0 Å². The fraction of sp³-hybridized carbons (Fsp3) is 0.286. The second-order valence-electron chi connectivity index (χ2n) is 8.54. The zero-order chi connectivity index (χ0) is 23.8. The summed E-state index contributed by atoms with van der Waals surface area (Å²) in [4.78, 5) is 20.7. The molecule has 0 aliphatic rings. The molecule has 0 N–H and O–H groups in total. The summed E-state index contributed by atoms with van der Waals surface area (Å²) in [6.45, 7) is 4.36. The summed E-state index contributed by atoms with van der Waals surface area (Å²) in [5.41, 5.74) is 3.39. The molecule has 2 heterocycles. The number of ether oxygens (including phenoxy) is 1. The van der Waals surface area contributed by atoms with Crippen molar-refractivity contribution in [3.8, 4) is 5.75 Å². The van der Waals surface area contributed by atoms with Gasteiger partial charge in [0.15, 0.2) is 0 Å². The van der Waals surface area contributed by atoms with Crippen molar-refractivity contribution < 1.29 is 4.74 Å². The number of fused-ring (bicyclic) bond motifs is 1. The van der Waals surface area contributed by atoms with Crippen LogP contribution in [0.3, 0.4) is 0 Å². The van der Waals surface area contributed by atoms with Crippen LogP contribution in [0.15, 0.2) is 90.0 Å². The molecule has 200 valence electrons. The first kappa shape index (κ1) is 32.3. The van der Waals surface area contributed by atoms with Gasteiger partial charge in [0, 0.05) is 69.8 Å². The first-order chi connectivity index (χ1) is 16.6. The van der Waals surface area contributed by atoms with E-state index >= 15 is 0 Å². The zero-order valence-corrected chi connectivity index (χ0v) is 23.6. The zero-order valence-electron chi connectivity index (χ0n) is 21.2. The Bertz CT molecular complexity index is 1260. The second-order valence-corrected chi connectivity index (χ2v) is 8.54. The van der Waals surface area contributed by atoms with Crippen LogP contribution in [0, 0.1) is 0 Å². The topological polar surface area (TPSA) is 50.6 Å². The average molecular weight is 566 g/mol. The minimum Gasteiger partial charge on any atom is -0.494 e. The molecule has 0 aliphatic carbocycles. The summed E-state index contributed by atoms with van der Waals surface area (Å²) in [6, 6.07) is 24.0. The monoisotopic (exact) mass is 564 g/mol. The highest BCUT2D eigenvalue weighted by Gasteiger charge is 2.09. The van der Waals surface area contributed by atoms with Crippen LogP contribution in [-0.4, -0.2) is 47.7 Å².